The number of fused-ring (bicyclic) bond motifs is 1. The zero-order valence-corrected chi connectivity index (χ0v) is 18.3. The molecule has 5 heteroatoms. The van der Waals surface area contributed by atoms with E-state index in [1.54, 1.807) is 24.3 Å². The Bertz CT molecular complexity index is 741. The minimum absolute atomic E-state index is 0.238. The molecule has 2 amide bonds. The van der Waals surface area contributed by atoms with Crippen molar-refractivity contribution in [1.29, 1.82) is 0 Å². The minimum Gasteiger partial charge on any atom is -0.406 e. The Morgan fingerprint density at radius 1 is 1.14 bits per heavy atom. The first-order valence-electron chi connectivity index (χ1n) is 10.1. The van der Waals surface area contributed by atoms with E-state index in [4.69, 9.17) is 4.43 Å². The first-order chi connectivity index (χ1) is 13.4. The summed E-state index contributed by atoms with van der Waals surface area (Å²) in [6.07, 6.45) is 6.89. The Morgan fingerprint density at radius 3 is 2.36 bits per heavy atom. The number of benzene rings is 1. The summed E-state index contributed by atoms with van der Waals surface area (Å²) in [5.74, 6) is 5.75. The number of allylic oxidation sites excluding steroid dienone is 1. The summed E-state index contributed by atoms with van der Waals surface area (Å²) in [5.41, 5.74) is 0.951. The van der Waals surface area contributed by atoms with Crippen LogP contribution in [0.1, 0.15) is 59.7 Å². The van der Waals surface area contributed by atoms with Crippen LogP contribution in [-0.2, 0) is 4.43 Å². The molecule has 1 aromatic carbocycles. The van der Waals surface area contributed by atoms with Crippen LogP contribution < -0.4 is 0 Å². The highest BCUT2D eigenvalue weighted by Crippen LogP contribution is 2.26. The molecule has 0 aliphatic carbocycles. The molecule has 0 bridgehead atoms. The fourth-order valence-corrected chi connectivity index (χ4v) is 4.59. The first-order valence-corrected chi connectivity index (χ1v) is 13.2. The lowest BCUT2D eigenvalue weighted by Crippen LogP contribution is -2.39. The number of imide groups is 1. The van der Waals surface area contributed by atoms with Crippen molar-refractivity contribution in [3.8, 4) is 11.8 Å². The monoisotopic (exact) mass is 397 g/mol. The molecule has 4 nitrogen and oxygen atoms in total. The predicted molar refractivity (Wildman–Crippen MR) is 116 cm³/mol. The molecule has 1 aliphatic heterocycles. The van der Waals surface area contributed by atoms with Crippen molar-refractivity contribution in [2.75, 3.05) is 6.61 Å². The van der Waals surface area contributed by atoms with Crippen molar-refractivity contribution in [2.24, 2.45) is 0 Å². The summed E-state index contributed by atoms with van der Waals surface area (Å²) in [6, 6.07) is 7.46. The van der Waals surface area contributed by atoms with Crippen LogP contribution in [0, 0.1) is 11.8 Å². The molecule has 0 aromatic heterocycles. The normalized spacial score (nSPS) is 14.5. The third-order valence-corrected chi connectivity index (χ3v) is 7.11. The van der Waals surface area contributed by atoms with E-state index in [2.05, 4.69) is 38.4 Å². The highest BCUT2D eigenvalue weighted by Gasteiger charge is 2.38. The fraction of sp³-hybridized carbons (Fsp3) is 0.478. The molecule has 28 heavy (non-hydrogen) atoms. The van der Waals surface area contributed by atoms with Gasteiger partial charge in [0.05, 0.1) is 17.7 Å². The van der Waals surface area contributed by atoms with Crippen LogP contribution >= 0.6 is 0 Å². The van der Waals surface area contributed by atoms with Crippen LogP contribution in [0.3, 0.4) is 0 Å². The number of carbonyl (C=O) groups excluding carboxylic acids is 2. The Balaban J connectivity index is 2.12. The van der Waals surface area contributed by atoms with Gasteiger partial charge in [0.25, 0.3) is 11.8 Å². The van der Waals surface area contributed by atoms with E-state index in [-0.39, 0.29) is 11.8 Å². The number of rotatable bonds is 10. The zero-order chi connectivity index (χ0) is 20.6. The molecule has 1 aromatic rings. The summed E-state index contributed by atoms with van der Waals surface area (Å²) >= 11 is 0. The van der Waals surface area contributed by atoms with Gasteiger partial charge in [-0.2, -0.15) is 0 Å². The topological polar surface area (TPSA) is 46.6 Å². The molecule has 0 radical (unpaired) electrons. The van der Waals surface area contributed by atoms with Crippen LogP contribution in [0.4, 0.5) is 0 Å². The second kappa shape index (κ2) is 10.4. The largest absolute Gasteiger partial charge is 0.406 e. The molecular formula is C23H31NO3Si. The standard InChI is InChI=1S/C23H31NO3Si/c1-5-7-8-9-13-19(14-12-17-27-28(3,4)18-6-2)24-22(25)20-15-10-11-16-21(20)23(24)26/h6,10-11,15-16,19H,2,5,7-9,13,17-18H2,1,3-4H3. The molecular weight excluding hydrogens is 366 g/mol. The van der Waals surface area contributed by atoms with Crippen LogP contribution in [0.15, 0.2) is 36.9 Å². The molecule has 0 fully saturated rings. The smallest absolute Gasteiger partial charge is 0.262 e. The number of hydrogen-bond acceptors (Lipinski definition) is 3. The van der Waals surface area contributed by atoms with Gasteiger partial charge in [-0.3, -0.25) is 14.5 Å². The molecule has 1 unspecified atom stereocenters. The SMILES string of the molecule is C=CC[Si](C)(C)OCC#CC(CCCCCC)N1C(=O)c2ccccc2C1=O. The number of nitrogens with zero attached hydrogens (tertiary/aromatic N) is 1. The molecule has 1 aliphatic rings. The Labute approximate surface area is 170 Å². The summed E-state index contributed by atoms with van der Waals surface area (Å²) < 4.78 is 5.95. The van der Waals surface area contributed by atoms with Gasteiger partial charge in [-0.1, -0.05) is 62.7 Å². The molecule has 0 N–H and O–H groups in total. The third kappa shape index (κ3) is 5.67. The molecule has 0 saturated carbocycles. The number of hydrogen-bond donors (Lipinski definition) is 0. The first kappa shape index (κ1) is 22.1. The molecule has 1 heterocycles. The van der Waals surface area contributed by atoms with Crippen LogP contribution in [0.25, 0.3) is 0 Å². The number of unbranched alkanes of at least 4 members (excludes halogenated alkanes) is 3. The summed E-state index contributed by atoms with van der Waals surface area (Å²) in [4.78, 5) is 27.0. The lowest BCUT2D eigenvalue weighted by molar-refractivity contribution is 0.0613. The zero-order valence-electron chi connectivity index (χ0n) is 17.3. The lowest BCUT2D eigenvalue weighted by Gasteiger charge is -2.22. The van der Waals surface area contributed by atoms with Crippen LogP contribution in [0.2, 0.25) is 19.1 Å². The molecule has 1 atom stereocenters. The number of amides is 2. The van der Waals surface area contributed by atoms with Gasteiger partial charge in [0.1, 0.15) is 6.04 Å². The van der Waals surface area contributed by atoms with Crippen molar-refractivity contribution in [3.63, 3.8) is 0 Å². The average molecular weight is 398 g/mol. The molecule has 0 saturated heterocycles. The maximum absolute atomic E-state index is 12.8. The van der Waals surface area contributed by atoms with Crippen LogP contribution in [0.5, 0.6) is 0 Å². The third-order valence-electron chi connectivity index (χ3n) is 4.91. The highest BCUT2D eigenvalue weighted by molar-refractivity contribution is 6.71. The Morgan fingerprint density at radius 2 is 1.79 bits per heavy atom. The van der Waals surface area contributed by atoms with E-state index in [1.165, 1.54) is 4.90 Å². The number of carbonyl (C=O) groups is 2. The van der Waals surface area contributed by atoms with Gasteiger partial charge in [0.15, 0.2) is 8.32 Å². The fourth-order valence-electron chi connectivity index (χ4n) is 3.32. The van der Waals surface area contributed by atoms with Gasteiger partial charge < -0.3 is 4.43 Å². The van der Waals surface area contributed by atoms with E-state index >= 15 is 0 Å². The van der Waals surface area contributed by atoms with E-state index < -0.39 is 14.4 Å². The Hall–Kier alpha value is -2.16. The second-order valence-electron chi connectivity index (χ2n) is 7.75. The maximum Gasteiger partial charge on any atom is 0.262 e. The van der Waals surface area contributed by atoms with Gasteiger partial charge >= 0.3 is 0 Å². The summed E-state index contributed by atoms with van der Waals surface area (Å²) in [7, 11) is -1.79. The average Bonchev–Trinajstić information content (AvgIpc) is 2.92. The maximum atomic E-state index is 12.8. The van der Waals surface area contributed by atoms with E-state index in [0.717, 1.165) is 31.7 Å². The molecule has 2 rings (SSSR count). The van der Waals surface area contributed by atoms with E-state index in [9.17, 15) is 9.59 Å². The summed E-state index contributed by atoms with van der Waals surface area (Å²) in [6.45, 7) is 10.5. The van der Waals surface area contributed by atoms with E-state index in [0.29, 0.717) is 24.2 Å². The summed E-state index contributed by atoms with van der Waals surface area (Å²) in [5, 5.41) is 0. The molecule has 150 valence electrons. The van der Waals surface area contributed by atoms with Gasteiger partial charge in [-0.25, -0.2) is 0 Å². The second-order valence-corrected chi connectivity index (χ2v) is 12.0. The minimum atomic E-state index is -1.79. The predicted octanol–water partition coefficient (Wildman–Crippen LogP) is 5.03. The van der Waals surface area contributed by atoms with Gasteiger partial charge in [-0.05, 0) is 37.7 Å². The highest BCUT2D eigenvalue weighted by atomic mass is 28.4. The van der Waals surface area contributed by atoms with Crippen molar-refractivity contribution in [2.45, 2.75) is 64.2 Å². The van der Waals surface area contributed by atoms with Crippen LogP contribution in [-0.4, -0.2) is 37.7 Å². The quantitative estimate of drug-likeness (QED) is 0.183. The van der Waals surface area contributed by atoms with E-state index in [1.807, 2.05) is 6.08 Å². The van der Waals surface area contributed by atoms with Gasteiger partial charge in [0.2, 0.25) is 0 Å². The van der Waals surface area contributed by atoms with Crippen molar-refractivity contribution < 1.29 is 14.0 Å². The lowest BCUT2D eigenvalue weighted by atomic mass is 10.1. The van der Waals surface area contributed by atoms with Crippen molar-refractivity contribution in [1.82, 2.24) is 4.90 Å². The molecule has 0 spiro atoms. The Kier molecular flexibility index (Phi) is 8.22. The van der Waals surface area contributed by atoms with Crippen molar-refractivity contribution in [3.05, 3.63) is 48.0 Å². The van der Waals surface area contributed by atoms with Gasteiger partial charge in [-0.15, -0.1) is 6.58 Å². The van der Waals surface area contributed by atoms with Gasteiger partial charge in [0, 0.05) is 0 Å². The van der Waals surface area contributed by atoms with Crippen molar-refractivity contribution >= 4 is 20.1 Å².